The third-order valence-corrected chi connectivity index (χ3v) is 3.48. The van der Waals surface area contributed by atoms with Gasteiger partial charge in [-0.15, -0.1) is 0 Å². The number of carbonyl (C=O) groups excluding carboxylic acids is 1. The molecule has 4 nitrogen and oxygen atoms in total. The van der Waals surface area contributed by atoms with Gasteiger partial charge in [0, 0.05) is 13.1 Å². The van der Waals surface area contributed by atoms with E-state index in [4.69, 9.17) is 10.5 Å². The van der Waals surface area contributed by atoms with Gasteiger partial charge in [-0.05, 0) is 31.9 Å². The van der Waals surface area contributed by atoms with Crippen molar-refractivity contribution in [3.8, 4) is 0 Å². The largest absolute Gasteiger partial charge is 0.462 e. The van der Waals surface area contributed by atoms with Crippen LogP contribution in [-0.2, 0) is 4.74 Å². The third kappa shape index (κ3) is 3.19. The summed E-state index contributed by atoms with van der Waals surface area (Å²) in [5.41, 5.74) is 8.18. The number of nitrogen functional groups attached to an aromatic ring is 1. The topological polar surface area (TPSA) is 55.6 Å². The smallest absolute Gasteiger partial charge is 0.340 e. The molecule has 0 bridgehead atoms. The number of esters is 1. The van der Waals surface area contributed by atoms with Crippen LogP contribution in [0.3, 0.4) is 0 Å². The van der Waals surface area contributed by atoms with Crippen LogP contribution < -0.4 is 10.6 Å². The summed E-state index contributed by atoms with van der Waals surface area (Å²) in [6.45, 7) is 4.12. The SMILES string of the molecule is CCOC(=O)c1cccc(N)c1N1CCCCCC1. The number of para-hydroxylation sites is 1. The minimum Gasteiger partial charge on any atom is -0.462 e. The highest BCUT2D eigenvalue weighted by Crippen LogP contribution is 2.30. The van der Waals surface area contributed by atoms with E-state index in [2.05, 4.69) is 4.90 Å². The van der Waals surface area contributed by atoms with Crippen molar-refractivity contribution in [1.29, 1.82) is 0 Å². The van der Waals surface area contributed by atoms with Gasteiger partial charge in [-0.25, -0.2) is 4.79 Å². The van der Waals surface area contributed by atoms with Gasteiger partial charge in [-0.1, -0.05) is 18.9 Å². The summed E-state index contributed by atoms with van der Waals surface area (Å²) in [5.74, 6) is -0.283. The first-order chi connectivity index (χ1) is 9.24. The Labute approximate surface area is 114 Å². The van der Waals surface area contributed by atoms with Crippen molar-refractivity contribution in [2.45, 2.75) is 32.6 Å². The van der Waals surface area contributed by atoms with E-state index in [1.165, 1.54) is 12.8 Å². The van der Waals surface area contributed by atoms with Crippen molar-refractivity contribution < 1.29 is 9.53 Å². The summed E-state index contributed by atoms with van der Waals surface area (Å²) in [6.07, 6.45) is 4.79. The van der Waals surface area contributed by atoms with Crippen LogP contribution in [0.4, 0.5) is 11.4 Å². The lowest BCUT2D eigenvalue weighted by Crippen LogP contribution is -2.27. The fourth-order valence-corrected chi connectivity index (χ4v) is 2.58. The fourth-order valence-electron chi connectivity index (χ4n) is 2.58. The summed E-state index contributed by atoms with van der Waals surface area (Å²) in [6, 6.07) is 5.46. The molecule has 0 spiro atoms. The maximum absolute atomic E-state index is 12.0. The zero-order valence-corrected chi connectivity index (χ0v) is 11.5. The van der Waals surface area contributed by atoms with E-state index in [-0.39, 0.29) is 5.97 Å². The molecule has 1 aromatic carbocycles. The van der Waals surface area contributed by atoms with Crippen molar-refractivity contribution in [3.63, 3.8) is 0 Å². The van der Waals surface area contributed by atoms with Crippen LogP contribution in [-0.4, -0.2) is 25.7 Å². The molecule has 2 N–H and O–H groups in total. The maximum Gasteiger partial charge on any atom is 0.340 e. The molecule has 1 aliphatic heterocycles. The van der Waals surface area contributed by atoms with E-state index < -0.39 is 0 Å². The number of nitrogens with zero attached hydrogens (tertiary/aromatic N) is 1. The van der Waals surface area contributed by atoms with Crippen molar-refractivity contribution in [2.75, 3.05) is 30.3 Å². The highest BCUT2D eigenvalue weighted by atomic mass is 16.5. The molecule has 0 saturated carbocycles. The minimum atomic E-state index is -0.283. The Morgan fingerprint density at radius 2 is 1.95 bits per heavy atom. The lowest BCUT2D eigenvalue weighted by atomic mass is 10.1. The van der Waals surface area contributed by atoms with Gasteiger partial charge in [0.15, 0.2) is 0 Å². The molecule has 0 radical (unpaired) electrons. The average Bonchev–Trinajstić information content (AvgIpc) is 2.67. The first-order valence-electron chi connectivity index (χ1n) is 7.04. The fraction of sp³-hybridized carbons (Fsp3) is 0.533. The number of anilines is 2. The summed E-state index contributed by atoms with van der Waals surface area (Å²) < 4.78 is 5.12. The van der Waals surface area contributed by atoms with Gasteiger partial charge < -0.3 is 15.4 Å². The first-order valence-corrected chi connectivity index (χ1v) is 7.04. The van der Waals surface area contributed by atoms with Crippen LogP contribution in [0, 0.1) is 0 Å². The van der Waals surface area contributed by atoms with Crippen LogP contribution in [0.5, 0.6) is 0 Å². The summed E-state index contributed by atoms with van der Waals surface area (Å²) in [7, 11) is 0. The first kappa shape index (κ1) is 13.7. The zero-order valence-electron chi connectivity index (χ0n) is 11.5. The second-order valence-corrected chi connectivity index (χ2v) is 4.87. The molecule has 19 heavy (non-hydrogen) atoms. The monoisotopic (exact) mass is 262 g/mol. The Balaban J connectivity index is 2.33. The highest BCUT2D eigenvalue weighted by molar-refractivity contribution is 5.99. The van der Waals surface area contributed by atoms with E-state index in [0.717, 1.165) is 31.6 Å². The Kier molecular flexibility index (Phi) is 4.66. The number of hydrogen-bond donors (Lipinski definition) is 1. The normalized spacial score (nSPS) is 15.9. The summed E-state index contributed by atoms with van der Waals surface area (Å²) >= 11 is 0. The predicted molar refractivity (Wildman–Crippen MR) is 77.5 cm³/mol. The van der Waals surface area contributed by atoms with Gasteiger partial charge in [0.2, 0.25) is 0 Å². The molecule has 2 rings (SSSR count). The number of nitrogens with two attached hydrogens (primary N) is 1. The van der Waals surface area contributed by atoms with Gasteiger partial charge in [-0.2, -0.15) is 0 Å². The Bertz CT molecular complexity index is 438. The molecule has 0 amide bonds. The van der Waals surface area contributed by atoms with Crippen LogP contribution in [0.1, 0.15) is 43.0 Å². The number of rotatable bonds is 3. The Morgan fingerprint density at radius 3 is 2.58 bits per heavy atom. The number of ether oxygens (including phenoxy) is 1. The standard InChI is InChI=1S/C15H22N2O2/c1-2-19-15(18)12-8-7-9-13(16)14(12)17-10-5-3-4-6-11-17/h7-9H,2-6,10-11,16H2,1H3. The molecule has 104 valence electrons. The van der Waals surface area contributed by atoms with Crippen molar-refractivity contribution in [3.05, 3.63) is 23.8 Å². The molecule has 0 atom stereocenters. The van der Waals surface area contributed by atoms with Crippen molar-refractivity contribution in [2.24, 2.45) is 0 Å². The van der Waals surface area contributed by atoms with E-state index in [0.29, 0.717) is 17.9 Å². The molecule has 4 heteroatoms. The summed E-state index contributed by atoms with van der Waals surface area (Å²) in [5, 5.41) is 0. The maximum atomic E-state index is 12.0. The quantitative estimate of drug-likeness (QED) is 0.672. The molecule has 1 saturated heterocycles. The van der Waals surface area contributed by atoms with Crippen LogP contribution >= 0.6 is 0 Å². The second-order valence-electron chi connectivity index (χ2n) is 4.87. The third-order valence-electron chi connectivity index (χ3n) is 3.48. The van der Waals surface area contributed by atoms with Gasteiger partial charge >= 0.3 is 5.97 Å². The zero-order chi connectivity index (χ0) is 13.7. The van der Waals surface area contributed by atoms with E-state index in [1.54, 1.807) is 6.07 Å². The van der Waals surface area contributed by atoms with Crippen LogP contribution in [0.25, 0.3) is 0 Å². The molecule has 1 aliphatic rings. The van der Waals surface area contributed by atoms with Crippen LogP contribution in [0.15, 0.2) is 18.2 Å². The molecule has 0 unspecified atom stereocenters. The lowest BCUT2D eigenvalue weighted by molar-refractivity contribution is 0.0527. The highest BCUT2D eigenvalue weighted by Gasteiger charge is 2.20. The van der Waals surface area contributed by atoms with Gasteiger partial charge in [0.25, 0.3) is 0 Å². The van der Waals surface area contributed by atoms with Gasteiger partial charge in [-0.3, -0.25) is 0 Å². The minimum absolute atomic E-state index is 0.283. The second kappa shape index (κ2) is 6.45. The number of hydrogen-bond acceptors (Lipinski definition) is 4. The van der Waals surface area contributed by atoms with E-state index >= 15 is 0 Å². The number of carbonyl (C=O) groups is 1. The van der Waals surface area contributed by atoms with Crippen molar-refractivity contribution in [1.82, 2.24) is 0 Å². The Morgan fingerprint density at radius 1 is 1.26 bits per heavy atom. The molecular weight excluding hydrogens is 240 g/mol. The van der Waals surface area contributed by atoms with Crippen molar-refractivity contribution >= 4 is 17.3 Å². The molecule has 1 fully saturated rings. The number of benzene rings is 1. The molecule has 0 aromatic heterocycles. The molecule has 0 aliphatic carbocycles. The molecular formula is C15H22N2O2. The van der Waals surface area contributed by atoms with Gasteiger partial charge in [0.1, 0.15) is 0 Å². The lowest BCUT2D eigenvalue weighted by Gasteiger charge is -2.26. The molecule has 1 aromatic rings. The summed E-state index contributed by atoms with van der Waals surface area (Å²) in [4.78, 5) is 14.3. The van der Waals surface area contributed by atoms with E-state index in [9.17, 15) is 4.79 Å². The van der Waals surface area contributed by atoms with Crippen LogP contribution in [0.2, 0.25) is 0 Å². The van der Waals surface area contributed by atoms with Gasteiger partial charge in [0.05, 0.1) is 23.5 Å². The average molecular weight is 262 g/mol. The predicted octanol–water partition coefficient (Wildman–Crippen LogP) is 2.83. The van der Waals surface area contributed by atoms with E-state index in [1.807, 2.05) is 19.1 Å². The molecule has 1 heterocycles. The Hall–Kier alpha value is -1.71.